The van der Waals surface area contributed by atoms with E-state index in [1.54, 1.807) is 27.3 Å². The number of pyridine rings is 1. The third kappa shape index (κ3) is 1.82. The maximum absolute atomic E-state index is 9.80. The molecule has 0 fully saturated rings. The number of aliphatic hydroxyl groups is 1. The first-order valence-corrected chi connectivity index (χ1v) is 7.09. The molecule has 20 heavy (non-hydrogen) atoms. The van der Waals surface area contributed by atoms with Gasteiger partial charge in [0, 0.05) is 21.8 Å². The topological polar surface area (TPSA) is 51.6 Å². The van der Waals surface area contributed by atoms with Crippen molar-refractivity contribution in [3.05, 3.63) is 29.3 Å². The predicted molar refractivity (Wildman–Crippen MR) is 80.9 cm³/mol. The molecule has 0 bridgehead atoms. The summed E-state index contributed by atoms with van der Waals surface area (Å²) in [6, 6.07) is 5.78. The molecule has 1 unspecified atom stereocenters. The highest BCUT2D eigenvalue weighted by atomic mass is 32.1. The Kier molecular flexibility index (Phi) is 3.23. The average Bonchev–Trinajstić information content (AvgIpc) is 2.89. The lowest BCUT2D eigenvalue weighted by molar-refractivity contribution is 0.203. The van der Waals surface area contributed by atoms with E-state index in [0.717, 1.165) is 37.4 Å². The molecule has 3 rings (SSSR count). The quantitative estimate of drug-likeness (QED) is 0.801. The molecular weight excluding hydrogens is 274 g/mol. The second-order valence-corrected chi connectivity index (χ2v) is 5.62. The highest BCUT2D eigenvalue weighted by Gasteiger charge is 2.19. The lowest BCUT2D eigenvalue weighted by Gasteiger charge is -2.10. The molecule has 1 aromatic carbocycles. The van der Waals surface area contributed by atoms with Crippen molar-refractivity contribution in [1.29, 1.82) is 0 Å². The monoisotopic (exact) mass is 289 g/mol. The minimum atomic E-state index is -0.516. The minimum Gasteiger partial charge on any atom is -0.495 e. The van der Waals surface area contributed by atoms with Gasteiger partial charge in [-0.3, -0.25) is 4.98 Å². The largest absolute Gasteiger partial charge is 0.495 e. The van der Waals surface area contributed by atoms with Crippen molar-refractivity contribution in [2.45, 2.75) is 13.0 Å². The number of hydrogen-bond acceptors (Lipinski definition) is 5. The minimum absolute atomic E-state index is 0.516. The number of benzene rings is 1. The number of hydrogen-bond donors (Lipinski definition) is 1. The molecular formula is C15H15NO3S. The molecule has 0 aliphatic carbocycles. The van der Waals surface area contributed by atoms with E-state index in [1.165, 1.54) is 11.3 Å². The van der Waals surface area contributed by atoms with Gasteiger partial charge < -0.3 is 14.6 Å². The first-order chi connectivity index (χ1) is 9.67. The van der Waals surface area contributed by atoms with Gasteiger partial charge in [0.25, 0.3) is 0 Å². The molecule has 4 nitrogen and oxygen atoms in total. The highest BCUT2D eigenvalue weighted by Crippen LogP contribution is 2.46. The molecule has 0 saturated heterocycles. The Morgan fingerprint density at radius 2 is 1.95 bits per heavy atom. The van der Waals surface area contributed by atoms with Crippen molar-refractivity contribution in [2.75, 3.05) is 14.2 Å². The highest BCUT2D eigenvalue weighted by molar-refractivity contribution is 7.19. The number of rotatable bonds is 3. The lowest BCUT2D eigenvalue weighted by Crippen LogP contribution is -1.92. The van der Waals surface area contributed by atoms with Crippen LogP contribution in [0.5, 0.6) is 11.5 Å². The van der Waals surface area contributed by atoms with Gasteiger partial charge in [-0.05, 0) is 25.1 Å². The third-order valence-electron chi connectivity index (χ3n) is 3.29. The summed E-state index contributed by atoms with van der Waals surface area (Å²) in [7, 11) is 3.28. The maximum Gasteiger partial charge on any atom is 0.154 e. The fourth-order valence-corrected chi connectivity index (χ4v) is 3.51. The molecule has 0 amide bonds. The molecule has 3 aromatic rings. The number of nitrogens with zero attached hydrogens (tertiary/aromatic N) is 1. The molecule has 0 radical (unpaired) electrons. The van der Waals surface area contributed by atoms with E-state index in [2.05, 4.69) is 4.98 Å². The molecule has 5 heteroatoms. The average molecular weight is 289 g/mol. The van der Waals surface area contributed by atoms with E-state index in [-0.39, 0.29) is 0 Å². The van der Waals surface area contributed by atoms with Crippen LogP contribution in [0.1, 0.15) is 17.9 Å². The molecule has 0 spiro atoms. The molecule has 1 N–H and O–H groups in total. The van der Waals surface area contributed by atoms with Crippen LogP contribution in [-0.2, 0) is 0 Å². The van der Waals surface area contributed by atoms with Crippen LogP contribution < -0.4 is 9.47 Å². The molecule has 104 valence electrons. The summed E-state index contributed by atoms with van der Waals surface area (Å²) in [5, 5.41) is 11.6. The lowest BCUT2D eigenvalue weighted by atomic mass is 10.1. The van der Waals surface area contributed by atoms with Crippen molar-refractivity contribution < 1.29 is 14.6 Å². The summed E-state index contributed by atoms with van der Waals surface area (Å²) in [6.45, 7) is 1.75. The van der Waals surface area contributed by atoms with Crippen LogP contribution in [0, 0.1) is 0 Å². The van der Waals surface area contributed by atoms with Crippen LogP contribution in [0.25, 0.3) is 21.0 Å². The van der Waals surface area contributed by atoms with Gasteiger partial charge in [0.05, 0.1) is 25.0 Å². The second-order valence-electron chi connectivity index (χ2n) is 4.53. The standard InChI is InChI=1S/C15H15NO3S/c1-8(17)11-7-10-13(18-2)12-9(5-4-6-16-12)14(19-3)15(10)20-11/h4-8,17H,1-3H3. The number of aliphatic hydroxyl groups excluding tert-OH is 1. The van der Waals surface area contributed by atoms with E-state index in [1.807, 2.05) is 18.2 Å². The number of methoxy groups -OCH3 is 2. The Morgan fingerprint density at radius 1 is 1.20 bits per heavy atom. The third-order valence-corrected chi connectivity index (χ3v) is 4.59. The number of thiophene rings is 1. The first-order valence-electron chi connectivity index (χ1n) is 6.27. The van der Waals surface area contributed by atoms with E-state index in [9.17, 15) is 5.11 Å². The van der Waals surface area contributed by atoms with Gasteiger partial charge >= 0.3 is 0 Å². The van der Waals surface area contributed by atoms with Crippen LogP contribution >= 0.6 is 11.3 Å². The van der Waals surface area contributed by atoms with Crippen LogP contribution in [0.15, 0.2) is 24.4 Å². The Morgan fingerprint density at radius 3 is 2.60 bits per heavy atom. The summed E-state index contributed by atoms with van der Waals surface area (Å²) in [4.78, 5) is 5.28. The number of aromatic nitrogens is 1. The maximum atomic E-state index is 9.80. The van der Waals surface area contributed by atoms with Crippen molar-refractivity contribution in [2.24, 2.45) is 0 Å². The van der Waals surface area contributed by atoms with Gasteiger partial charge in [0.15, 0.2) is 5.75 Å². The predicted octanol–water partition coefficient (Wildman–Crippen LogP) is 3.52. The molecule has 1 atom stereocenters. The van der Waals surface area contributed by atoms with Gasteiger partial charge in [0.2, 0.25) is 0 Å². The smallest absolute Gasteiger partial charge is 0.154 e. The van der Waals surface area contributed by atoms with E-state index >= 15 is 0 Å². The summed E-state index contributed by atoms with van der Waals surface area (Å²) >= 11 is 1.52. The van der Waals surface area contributed by atoms with E-state index < -0.39 is 6.10 Å². The Labute approximate surface area is 120 Å². The zero-order chi connectivity index (χ0) is 14.3. The normalized spacial score (nSPS) is 12.8. The van der Waals surface area contributed by atoms with E-state index in [0.29, 0.717) is 0 Å². The van der Waals surface area contributed by atoms with Crippen molar-refractivity contribution in [1.82, 2.24) is 4.98 Å². The first kappa shape index (κ1) is 13.1. The second kappa shape index (κ2) is 4.92. The van der Waals surface area contributed by atoms with Crippen LogP contribution in [-0.4, -0.2) is 24.3 Å². The van der Waals surface area contributed by atoms with Gasteiger partial charge in [-0.2, -0.15) is 0 Å². The summed E-state index contributed by atoms with van der Waals surface area (Å²) < 4.78 is 12.1. The van der Waals surface area contributed by atoms with Crippen molar-refractivity contribution in [3.8, 4) is 11.5 Å². The Hall–Kier alpha value is -1.85. The molecule has 0 saturated carbocycles. The fraction of sp³-hybridized carbons (Fsp3) is 0.267. The molecule has 0 aliphatic heterocycles. The number of fused-ring (bicyclic) bond motifs is 2. The van der Waals surface area contributed by atoms with Gasteiger partial charge in [-0.15, -0.1) is 11.3 Å². The zero-order valence-electron chi connectivity index (χ0n) is 11.5. The SMILES string of the molecule is COc1c2cc(C(C)O)sc2c(OC)c2cccnc12. The summed E-state index contributed by atoms with van der Waals surface area (Å²) in [5.74, 6) is 1.50. The van der Waals surface area contributed by atoms with Crippen molar-refractivity contribution in [3.63, 3.8) is 0 Å². The molecule has 0 aliphatic rings. The van der Waals surface area contributed by atoms with Crippen LogP contribution in [0.2, 0.25) is 0 Å². The van der Waals surface area contributed by atoms with Gasteiger partial charge in [-0.1, -0.05) is 0 Å². The van der Waals surface area contributed by atoms with Crippen molar-refractivity contribution >= 4 is 32.3 Å². The van der Waals surface area contributed by atoms with Crippen LogP contribution in [0.4, 0.5) is 0 Å². The van der Waals surface area contributed by atoms with Crippen LogP contribution in [0.3, 0.4) is 0 Å². The molecule has 2 heterocycles. The Bertz CT molecular complexity index is 719. The van der Waals surface area contributed by atoms with Gasteiger partial charge in [0.1, 0.15) is 11.3 Å². The van der Waals surface area contributed by atoms with Gasteiger partial charge in [-0.25, -0.2) is 0 Å². The zero-order valence-corrected chi connectivity index (χ0v) is 12.3. The Balaban J connectivity index is 2.51. The van der Waals surface area contributed by atoms with E-state index in [4.69, 9.17) is 9.47 Å². The number of ether oxygens (including phenoxy) is 2. The molecule has 2 aromatic heterocycles. The summed E-state index contributed by atoms with van der Waals surface area (Å²) in [6.07, 6.45) is 1.22. The summed E-state index contributed by atoms with van der Waals surface area (Å²) in [5.41, 5.74) is 0.772. The fourth-order valence-electron chi connectivity index (χ4n) is 2.38.